The number of likely N-dealkylation sites (N-methyl/N-ethyl adjacent to an activating group) is 1. The van der Waals surface area contributed by atoms with Crippen LogP contribution in [-0.4, -0.2) is 61.6 Å². The fourth-order valence-electron chi connectivity index (χ4n) is 2.57. The van der Waals surface area contributed by atoms with E-state index in [-0.39, 0.29) is 5.95 Å². The Bertz CT molecular complexity index is 599. The summed E-state index contributed by atoms with van der Waals surface area (Å²) in [4.78, 5) is 21.5. The van der Waals surface area contributed by atoms with E-state index in [0.717, 1.165) is 13.1 Å². The summed E-state index contributed by atoms with van der Waals surface area (Å²) in [5.41, 5.74) is 5.84. The van der Waals surface area contributed by atoms with Gasteiger partial charge in [0.15, 0.2) is 0 Å². The lowest BCUT2D eigenvalue weighted by atomic mass is 10.1. The van der Waals surface area contributed by atoms with E-state index in [1.54, 1.807) is 23.3 Å². The van der Waals surface area contributed by atoms with Crippen LogP contribution in [0.2, 0.25) is 0 Å². The number of rotatable bonds is 2. The van der Waals surface area contributed by atoms with E-state index in [4.69, 9.17) is 5.73 Å². The van der Waals surface area contributed by atoms with Crippen molar-refractivity contribution in [3.63, 3.8) is 0 Å². The molecule has 1 fully saturated rings. The molecule has 2 aromatic heterocycles. The first kappa shape index (κ1) is 13.7. The summed E-state index contributed by atoms with van der Waals surface area (Å²) in [6.07, 6.45) is 5.11. The highest BCUT2D eigenvalue weighted by molar-refractivity contribution is 5.39. The molecule has 3 rings (SSSR count). The molecule has 0 aromatic carbocycles. The van der Waals surface area contributed by atoms with Gasteiger partial charge < -0.3 is 10.6 Å². The molecule has 2 aromatic rings. The van der Waals surface area contributed by atoms with Crippen molar-refractivity contribution in [2.45, 2.75) is 25.9 Å². The maximum atomic E-state index is 5.84. The van der Waals surface area contributed by atoms with E-state index < -0.39 is 0 Å². The van der Waals surface area contributed by atoms with Crippen molar-refractivity contribution in [2.75, 3.05) is 30.8 Å². The van der Waals surface area contributed by atoms with Crippen LogP contribution in [0.4, 0.5) is 11.9 Å². The van der Waals surface area contributed by atoms with Gasteiger partial charge in [-0.1, -0.05) is 0 Å². The first-order valence-corrected chi connectivity index (χ1v) is 7.01. The van der Waals surface area contributed by atoms with Crippen LogP contribution >= 0.6 is 0 Å². The third kappa shape index (κ3) is 2.66. The van der Waals surface area contributed by atoms with Crippen molar-refractivity contribution in [3.05, 3.63) is 18.7 Å². The SMILES string of the molecule is CC1CN(c2nc(N)nc(-n3ccnc3)n2)CC(C)N1C. The lowest BCUT2D eigenvalue weighted by molar-refractivity contribution is 0.169. The number of nitrogens with two attached hydrogens (primary N) is 1. The molecule has 0 aliphatic carbocycles. The minimum atomic E-state index is 0.225. The van der Waals surface area contributed by atoms with Crippen LogP contribution in [0.5, 0.6) is 0 Å². The van der Waals surface area contributed by atoms with Crippen molar-refractivity contribution < 1.29 is 0 Å². The summed E-state index contributed by atoms with van der Waals surface area (Å²) < 4.78 is 1.73. The first-order chi connectivity index (χ1) is 10.0. The average molecular weight is 288 g/mol. The van der Waals surface area contributed by atoms with Crippen LogP contribution in [0.25, 0.3) is 5.95 Å². The second-order valence-corrected chi connectivity index (χ2v) is 5.53. The van der Waals surface area contributed by atoms with E-state index in [0.29, 0.717) is 24.0 Å². The van der Waals surface area contributed by atoms with Crippen molar-refractivity contribution >= 4 is 11.9 Å². The number of hydrogen-bond donors (Lipinski definition) is 1. The zero-order valence-corrected chi connectivity index (χ0v) is 12.5. The van der Waals surface area contributed by atoms with E-state index in [2.05, 4.69) is 50.6 Å². The average Bonchev–Trinajstić information content (AvgIpc) is 2.97. The number of nitrogens with zero attached hydrogens (tertiary/aromatic N) is 7. The van der Waals surface area contributed by atoms with Gasteiger partial charge in [0.25, 0.3) is 0 Å². The number of anilines is 2. The quantitative estimate of drug-likeness (QED) is 0.842. The molecule has 1 saturated heterocycles. The van der Waals surface area contributed by atoms with Gasteiger partial charge in [-0.05, 0) is 20.9 Å². The van der Waals surface area contributed by atoms with Gasteiger partial charge in [0.05, 0.1) is 0 Å². The Morgan fingerprint density at radius 3 is 2.38 bits per heavy atom. The van der Waals surface area contributed by atoms with Crippen LogP contribution in [0, 0.1) is 0 Å². The molecule has 2 unspecified atom stereocenters. The molecule has 8 nitrogen and oxygen atoms in total. The normalized spacial score (nSPS) is 23.5. The van der Waals surface area contributed by atoms with E-state index in [1.807, 2.05) is 0 Å². The predicted molar refractivity (Wildman–Crippen MR) is 80.3 cm³/mol. The van der Waals surface area contributed by atoms with E-state index in [1.165, 1.54) is 0 Å². The van der Waals surface area contributed by atoms with Gasteiger partial charge >= 0.3 is 0 Å². The standard InChI is InChI=1S/C13H20N8/c1-9-6-21(7-10(2)19(9)3)13-17-11(14)16-12(18-13)20-5-4-15-8-20/h4-5,8-10H,6-7H2,1-3H3,(H2,14,16,17,18). The summed E-state index contributed by atoms with van der Waals surface area (Å²) in [7, 11) is 2.14. The number of nitrogen functional groups attached to an aromatic ring is 1. The number of imidazole rings is 1. The second-order valence-electron chi connectivity index (χ2n) is 5.53. The largest absolute Gasteiger partial charge is 0.368 e. The highest BCUT2D eigenvalue weighted by Crippen LogP contribution is 2.19. The third-order valence-electron chi connectivity index (χ3n) is 4.01. The molecular weight excluding hydrogens is 268 g/mol. The Hall–Kier alpha value is -2.22. The lowest BCUT2D eigenvalue weighted by Crippen LogP contribution is -2.55. The molecule has 0 spiro atoms. The Balaban J connectivity index is 1.92. The molecule has 1 aliphatic heterocycles. The van der Waals surface area contributed by atoms with Gasteiger partial charge in [-0.15, -0.1) is 0 Å². The van der Waals surface area contributed by atoms with Crippen LogP contribution in [0.1, 0.15) is 13.8 Å². The Labute approximate surface area is 123 Å². The minimum absolute atomic E-state index is 0.225. The van der Waals surface area contributed by atoms with E-state index in [9.17, 15) is 0 Å². The van der Waals surface area contributed by atoms with Crippen LogP contribution in [-0.2, 0) is 0 Å². The van der Waals surface area contributed by atoms with Crippen molar-refractivity contribution in [1.82, 2.24) is 29.4 Å². The molecule has 21 heavy (non-hydrogen) atoms. The van der Waals surface area contributed by atoms with Gasteiger partial charge in [0.2, 0.25) is 17.8 Å². The van der Waals surface area contributed by atoms with Crippen LogP contribution in [0.15, 0.2) is 18.7 Å². The summed E-state index contributed by atoms with van der Waals surface area (Å²) in [5, 5.41) is 0. The van der Waals surface area contributed by atoms with Crippen molar-refractivity contribution in [3.8, 4) is 5.95 Å². The lowest BCUT2D eigenvalue weighted by Gasteiger charge is -2.42. The van der Waals surface area contributed by atoms with Crippen LogP contribution < -0.4 is 10.6 Å². The molecule has 0 radical (unpaired) electrons. The number of aromatic nitrogens is 5. The smallest absolute Gasteiger partial charge is 0.241 e. The van der Waals surface area contributed by atoms with E-state index >= 15 is 0 Å². The number of piperazine rings is 1. The summed E-state index contributed by atoms with van der Waals surface area (Å²) in [5.74, 6) is 1.34. The molecular formula is C13H20N8. The highest BCUT2D eigenvalue weighted by Gasteiger charge is 2.28. The fourth-order valence-corrected chi connectivity index (χ4v) is 2.57. The van der Waals surface area contributed by atoms with Crippen molar-refractivity contribution in [2.24, 2.45) is 0 Å². The third-order valence-corrected chi connectivity index (χ3v) is 4.01. The molecule has 0 bridgehead atoms. The van der Waals surface area contributed by atoms with Crippen LogP contribution in [0.3, 0.4) is 0 Å². The summed E-state index contributed by atoms with van der Waals surface area (Å²) in [6, 6.07) is 0.867. The molecule has 2 atom stereocenters. The topological polar surface area (TPSA) is 89.0 Å². The second kappa shape index (κ2) is 5.28. The number of hydrogen-bond acceptors (Lipinski definition) is 7. The van der Waals surface area contributed by atoms with Gasteiger partial charge in [0.1, 0.15) is 6.33 Å². The molecule has 0 saturated carbocycles. The maximum absolute atomic E-state index is 5.84. The fraction of sp³-hybridized carbons (Fsp3) is 0.538. The maximum Gasteiger partial charge on any atom is 0.241 e. The predicted octanol–water partition coefficient (Wildman–Crippen LogP) is 0.168. The van der Waals surface area contributed by atoms with Gasteiger partial charge in [-0.3, -0.25) is 9.47 Å². The highest BCUT2D eigenvalue weighted by atomic mass is 15.4. The molecule has 112 valence electrons. The van der Waals surface area contributed by atoms with Gasteiger partial charge in [-0.25, -0.2) is 4.98 Å². The van der Waals surface area contributed by atoms with Crippen molar-refractivity contribution in [1.29, 1.82) is 0 Å². The zero-order chi connectivity index (χ0) is 15.0. The zero-order valence-electron chi connectivity index (χ0n) is 12.5. The molecule has 8 heteroatoms. The Morgan fingerprint density at radius 2 is 1.76 bits per heavy atom. The van der Waals surface area contributed by atoms with Gasteiger partial charge in [0, 0.05) is 37.6 Å². The first-order valence-electron chi connectivity index (χ1n) is 7.01. The molecule has 2 N–H and O–H groups in total. The molecule has 1 aliphatic rings. The summed E-state index contributed by atoms with van der Waals surface area (Å²) in [6.45, 7) is 6.13. The molecule has 3 heterocycles. The minimum Gasteiger partial charge on any atom is -0.368 e. The van der Waals surface area contributed by atoms with Gasteiger partial charge in [-0.2, -0.15) is 15.0 Å². The molecule has 0 amide bonds. The monoisotopic (exact) mass is 288 g/mol. The Morgan fingerprint density at radius 1 is 1.10 bits per heavy atom. The summed E-state index contributed by atoms with van der Waals surface area (Å²) >= 11 is 0. The Kier molecular flexibility index (Phi) is 3.46.